The Bertz CT molecular complexity index is 871. The van der Waals surface area contributed by atoms with Crippen LogP contribution in [-0.4, -0.2) is 60.9 Å². The van der Waals surface area contributed by atoms with E-state index in [1.54, 1.807) is 65.4 Å². The summed E-state index contributed by atoms with van der Waals surface area (Å²) >= 11 is 0. The number of carbonyl (C=O) groups is 3. The van der Waals surface area contributed by atoms with Crippen molar-refractivity contribution in [2.24, 2.45) is 0 Å². The summed E-state index contributed by atoms with van der Waals surface area (Å²) in [6, 6.07) is 13.5. The molecule has 2 amide bonds. The number of amides is 2. The molecule has 0 atom stereocenters. The molecule has 1 aliphatic heterocycles. The fourth-order valence-corrected chi connectivity index (χ4v) is 3.07. The van der Waals surface area contributed by atoms with E-state index in [0.717, 1.165) is 0 Å². The largest absolute Gasteiger partial charge is 0.497 e. The Morgan fingerprint density at radius 1 is 0.786 bits per heavy atom. The Kier molecular flexibility index (Phi) is 5.93. The van der Waals surface area contributed by atoms with Crippen LogP contribution in [0.15, 0.2) is 48.5 Å². The van der Waals surface area contributed by atoms with Gasteiger partial charge in [0, 0.05) is 44.2 Å². The number of carbonyl (C=O) groups excluding carboxylic acids is 3. The average Bonchev–Trinajstić information content (AvgIpc) is 2.72. The Morgan fingerprint density at radius 3 is 1.89 bits per heavy atom. The molecule has 28 heavy (non-hydrogen) atoms. The van der Waals surface area contributed by atoms with Gasteiger partial charge in [-0.1, -0.05) is 6.07 Å². The van der Waals surface area contributed by atoms with Crippen LogP contribution >= 0.6 is 0 Å². The minimum atomic E-state index is -0.435. The molecule has 7 nitrogen and oxygen atoms in total. The van der Waals surface area contributed by atoms with Crippen LogP contribution < -0.4 is 9.47 Å². The third-order valence-corrected chi connectivity index (χ3v) is 4.53. The number of hydrogen-bond acceptors (Lipinski definition) is 5. The molecule has 2 aromatic rings. The lowest BCUT2D eigenvalue weighted by Gasteiger charge is -2.35. The third-order valence-electron chi connectivity index (χ3n) is 4.53. The van der Waals surface area contributed by atoms with Gasteiger partial charge in [0.1, 0.15) is 11.5 Å². The predicted molar refractivity (Wildman–Crippen MR) is 103 cm³/mol. The summed E-state index contributed by atoms with van der Waals surface area (Å²) in [7, 11) is 1.58. The molecule has 0 unspecified atom stereocenters. The van der Waals surface area contributed by atoms with E-state index in [0.29, 0.717) is 48.8 Å². The van der Waals surface area contributed by atoms with Gasteiger partial charge in [0.15, 0.2) is 0 Å². The SMILES string of the molecule is COc1ccc(C(=O)N2CCN(C(=O)c3cccc(OC(C)=O)c3)CC2)cc1. The molecule has 7 heteroatoms. The number of nitrogens with zero attached hydrogens (tertiary/aromatic N) is 2. The normalized spacial score (nSPS) is 13.8. The molecule has 1 aliphatic rings. The molecule has 0 aromatic heterocycles. The van der Waals surface area contributed by atoms with Crippen LogP contribution in [0.5, 0.6) is 11.5 Å². The number of benzene rings is 2. The number of rotatable bonds is 4. The highest BCUT2D eigenvalue weighted by atomic mass is 16.5. The van der Waals surface area contributed by atoms with Gasteiger partial charge in [0.2, 0.25) is 0 Å². The smallest absolute Gasteiger partial charge is 0.308 e. The quantitative estimate of drug-likeness (QED) is 0.599. The van der Waals surface area contributed by atoms with E-state index in [9.17, 15) is 14.4 Å². The van der Waals surface area contributed by atoms with Gasteiger partial charge in [0.05, 0.1) is 7.11 Å². The lowest BCUT2D eigenvalue weighted by atomic mass is 10.1. The summed E-state index contributed by atoms with van der Waals surface area (Å²) in [4.78, 5) is 39.9. The van der Waals surface area contributed by atoms with Crippen LogP contribution in [0.3, 0.4) is 0 Å². The molecule has 0 bridgehead atoms. The van der Waals surface area contributed by atoms with Gasteiger partial charge in [-0.25, -0.2) is 0 Å². The number of esters is 1. The van der Waals surface area contributed by atoms with Crippen molar-refractivity contribution < 1.29 is 23.9 Å². The molecule has 0 spiro atoms. The minimum Gasteiger partial charge on any atom is -0.497 e. The zero-order valence-corrected chi connectivity index (χ0v) is 15.9. The zero-order chi connectivity index (χ0) is 20.1. The fourth-order valence-electron chi connectivity index (χ4n) is 3.07. The van der Waals surface area contributed by atoms with E-state index < -0.39 is 5.97 Å². The van der Waals surface area contributed by atoms with Gasteiger partial charge in [0.25, 0.3) is 11.8 Å². The first-order valence-corrected chi connectivity index (χ1v) is 8.99. The molecular formula is C21H22N2O5. The maximum atomic E-state index is 12.7. The second-order valence-electron chi connectivity index (χ2n) is 6.43. The molecule has 1 fully saturated rings. The highest BCUT2D eigenvalue weighted by Crippen LogP contribution is 2.18. The number of ether oxygens (including phenoxy) is 2. The minimum absolute atomic E-state index is 0.0633. The van der Waals surface area contributed by atoms with Gasteiger partial charge in [-0.3, -0.25) is 14.4 Å². The van der Waals surface area contributed by atoms with Crippen molar-refractivity contribution in [1.82, 2.24) is 9.80 Å². The third kappa shape index (κ3) is 4.49. The Morgan fingerprint density at radius 2 is 1.36 bits per heavy atom. The van der Waals surface area contributed by atoms with E-state index in [-0.39, 0.29) is 11.8 Å². The first kappa shape index (κ1) is 19.4. The van der Waals surface area contributed by atoms with Crippen molar-refractivity contribution in [2.75, 3.05) is 33.3 Å². The van der Waals surface area contributed by atoms with Crippen molar-refractivity contribution in [3.63, 3.8) is 0 Å². The molecule has 0 aliphatic carbocycles. The zero-order valence-electron chi connectivity index (χ0n) is 15.9. The highest BCUT2D eigenvalue weighted by Gasteiger charge is 2.25. The second kappa shape index (κ2) is 8.56. The van der Waals surface area contributed by atoms with E-state index in [4.69, 9.17) is 9.47 Å². The summed E-state index contributed by atoms with van der Waals surface area (Å²) in [6.45, 7) is 3.12. The first-order chi connectivity index (χ1) is 13.5. The Hall–Kier alpha value is -3.35. The van der Waals surface area contributed by atoms with Crippen molar-refractivity contribution in [1.29, 1.82) is 0 Å². The maximum Gasteiger partial charge on any atom is 0.308 e. The summed E-state index contributed by atoms with van der Waals surface area (Å²) < 4.78 is 10.1. The molecule has 0 radical (unpaired) electrons. The average molecular weight is 382 g/mol. The van der Waals surface area contributed by atoms with Gasteiger partial charge in [-0.05, 0) is 42.5 Å². The lowest BCUT2D eigenvalue weighted by molar-refractivity contribution is -0.131. The number of hydrogen-bond donors (Lipinski definition) is 0. The standard InChI is InChI=1S/C21H22N2O5/c1-15(24)28-19-5-3-4-17(14-19)21(26)23-12-10-22(11-13-23)20(25)16-6-8-18(27-2)9-7-16/h3-9,14H,10-13H2,1-2H3. The topological polar surface area (TPSA) is 76.2 Å². The lowest BCUT2D eigenvalue weighted by Crippen LogP contribution is -2.50. The van der Waals surface area contributed by atoms with Crippen LogP contribution in [0.25, 0.3) is 0 Å². The van der Waals surface area contributed by atoms with Crippen molar-refractivity contribution in [3.8, 4) is 11.5 Å². The highest BCUT2D eigenvalue weighted by molar-refractivity contribution is 5.96. The van der Waals surface area contributed by atoms with E-state index in [1.807, 2.05) is 0 Å². The predicted octanol–water partition coefficient (Wildman–Crippen LogP) is 2.22. The van der Waals surface area contributed by atoms with E-state index in [1.165, 1.54) is 6.92 Å². The van der Waals surface area contributed by atoms with Crippen molar-refractivity contribution in [3.05, 3.63) is 59.7 Å². The van der Waals surface area contributed by atoms with Crippen LogP contribution in [-0.2, 0) is 4.79 Å². The molecule has 146 valence electrons. The van der Waals surface area contributed by atoms with Crippen molar-refractivity contribution in [2.45, 2.75) is 6.92 Å². The summed E-state index contributed by atoms with van der Waals surface area (Å²) in [5.74, 6) is 0.391. The van der Waals surface area contributed by atoms with Crippen LogP contribution in [0.2, 0.25) is 0 Å². The second-order valence-corrected chi connectivity index (χ2v) is 6.43. The summed E-state index contributed by atoms with van der Waals surface area (Å²) in [6.07, 6.45) is 0. The first-order valence-electron chi connectivity index (χ1n) is 8.99. The van der Waals surface area contributed by atoms with Crippen LogP contribution in [0.1, 0.15) is 27.6 Å². The Balaban J connectivity index is 1.60. The summed E-state index contributed by atoms with van der Waals surface area (Å²) in [5.41, 5.74) is 1.04. The molecule has 0 saturated carbocycles. The van der Waals surface area contributed by atoms with E-state index >= 15 is 0 Å². The Labute approximate surface area is 163 Å². The molecule has 1 heterocycles. The monoisotopic (exact) mass is 382 g/mol. The van der Waals surface area contributed by atoms with Crippen LogP contribution in [0, 0.1) is 0 Å². The fraction of sp³-hybridized carbons (Fsp3) is 0.286. The van der Waals surface area contributed by atoms with Gasteiger partial charge < -0.3 is 19.3 Å². The molecule has 0 N–H and O–H groups in total. The molecule has 3 rings (SSSR count). The molecule has 2 aromatic carbocycles. The van der Waals surface area contributed by atoms with Gasteiger partial charge >= 0.3 is 5.97 Å². The van der Waals surface area contributed by atoms with Gasteiger partial charge in [-0.2, -0.15) is 0 Å². The van der Waals surface area contributed by atoms with Crippen LogP contribution in [0.4, 0.5) is 0 Å². The maximum absolute atomic E-state index is 12.7. The van der Waals surface area contributed by atoms with Crippen molar-refractivity contribution >= 4 is 17.8 Å². The molecular weight excluding hydrogens is 360 g/mol. The van der Waals surface area contributed by atoms with Gasteiger partial charge in [-0.15, -0.1) is 0 Å². The molecule has 1 saturated heterocycles. The number of methoxy groups -OCH3 is 1. The number of piperazine rings is 1. The van der Waals surface area contributed by atoms with E-state index in [2.05, 4.69) is 0 Å². The summed E-state index contributed by atoms with van der Waals surface area (Å²) in [5, 5.41) is 0.